The molecule has 0 bridgehead atoms. The highest BCUT2D eigenvalue weighted by Gasteiger charge is 2.28. The minimum absolute atomic E-state index is 0.0389. The number of nitro benzene ring substituents is 1. The summed E-state index contributed by atoms with van der Waals surface area (Å²) in [4.78, 5) is 36.9. The van der Waals surface area contributed by atoms with Crippen molar-refractivity contribution in [1.82, 2.24) is 10.9 Å². The van der Waals surface area contributed by atoms with Gasteiger partial charge < -0.3 is 4.90 Å². The number of para-hydroxylation sites is 2. The summed E-state index contributed by atoms with van der Waals surface area (Å²) >= 11 is 0. The number of carbonyl (C=O) groups excluding carboxylic acids is 2. The Kier molecular flexibility index (Phi) is 5.83. The molecule has 9 heteroatoms. The molecule has 1 aliphatic heterocycles. The lowest BCUT2D eigenvalue weighted by atomic mass is 9.95. The summed E-state index contributed by atoms with van der Waals surface area (Å²) in [7, 11) is 0. The largest absolute Gasteiger partial charge is 0.366 e. The standard InChI is InChI=1S/C19H19FN4O4/c20-15-7-5-13(6-8-15)18(25)21-22-19(26)14-9-11-23(12-10-14)16-3-1-2-4-17(16)24(27)28/h1-8,14H,9-12H2,(H,21,25)(H,22,26). The summed E-state index contributed by atoms with van der Waals surface area (Å²) in [5.74, 6) is -1.62. The van der Waals surface area contributed by atoms with Gasteiger partial charge >= 0.3 is 0 Å². The van der Waals surface area contributed by atoms with Crippen molar-refractivity contribution in [2.45, 2.75) is 12.8 Å². The smallest absolute Gasteiger partial charge is 0.292 e. The van der Waals surface area contributed by atoms with Crippen LogP contribution in [0.1, 0.15) is 23.2 Å². The van der Waals surface area contributed by atoms with Crippen LogP contribution in [0.4, 0.5) is 15.8 Å². The maximum atomic E-state index is 12.9. The molecule has 0 unspecified atom stereocenters. The lowest BCUT2D eigenvalue weighted by molar-refractivity contribution is -0.384. The van der Waals surface area contributed by atoms with Gasteiger partial charge in [-0.2, -0.15) is 0 Å². The third-order valence-electron chi connectivity index (χ3n) is 4.69. The predicted molar refractivity (Wildman–Crippen MR) is 100 cm³/mol. The monoisotopic (exact) mass is 386 g/mol. The molecule has 0 radical (unpaired) electrons. The van der Waals surface area contributed by atoms with Crippen LogP contribution in [0, 0.1) is 21.8 Å². The van der Waals surface area contributed by atoms with Crippen LogP contribution in [0.5, 0.6) is 0 Å². The predicted octanol–water partition coefficient (Wildman–Crippen LogP) is 2.41. The first kappa shape index (κ1) is 19.3. The SMILES string of the molecule is O=C(NNC(=O)C1CCN(c2ccccc2[N+](=O)[O-])CC1)c1ccc(F)cc1. The van der Waals surface area contributed by atoms with E-state index in [9.17, 15) is 24.1 Å². The van der Waals surface area contributed by atoms with Crippen molar-refractivity contribution in [1.29, 1.82) is 0 Å². The summed E-state index contributed by atoms with van der Waals surface area (Å²) in [6, 6.07) is 11.5. The number of amides is 2. The van der Waals surface area contributed by atoms with Crippen LogP contribution in [-0.2, 0) is 4.79 Å². The number of hydrazine groups is 1. The van der Waals surface area contributed by atoms with Gasteiger partial charge in [-0.25, -0.2) is 4.39 Å². The Hall–Kier alpha value is -3.49. The van der Waals surface area contributed by atoms with Crippen LogP contribution in [0.3, 0.4) is 0 Å². The molecule has 0 aromatic heterocycles. The quantitative estimate of drug-likeness (QED) is 0.620. The van der Waals surface area contributed by atoms with Crippen LogP contribution in [0.15, 0.2) is 48.5 Å². The first-order valence-corrected chi connectivity index (χ1v) is 8.80. The lowest BCUT2D eigenvalue weighted by Crippen LogP contribution is -2.47. The third-order valence-corrected chi connectivity index (χ3v) is 4.69. The minimum atomic E-state index is -0.536. The number of halogens is 1. The third kappa shape index (κ3) is 4.43. The highest BCUT2D eigenvalue weighted by molar-refractivity contribution is 5.95. The molecule has 0 spiro atoms. The van der Waals surface area contributed by atoms with E-state index in [-0.39, 0.29) is 23.1 Å². The zero-order valence-corrected chi connectivity index (χ0v) is 14.9. The minimum Gasteiger partial charge on any atom is -0.366 e. The number of hydrogen-bond acceptors (Lipinski definition) is 5. The first-order valence-electron chi connectivity index (χ1n) is 8.80. The van der Waals surface area contributed by atoms with Crippen molar-refractivity contribution in [2.75, 3.05) is 18.0 Å². The second-order valence-electron chi connectivity index (χ2n) is 6.46. The second kappa shape index (κ2) is 8.47. The molecule has 2 amide bonds. The summed E-state index contributed by atoms with van der Waals surface area (Å²) < 4.78 is 12.9. The van der Waals surface area contributed by atoms with Gasteiger partial charge in [0.2, 0.25) is 5.91 Å². The van der Waals surface area contributed by atoms with Gasteiger partial charge in [0.15, 0.2) is 0 Å². The van der Waals surface area contributed by atoms with Crippen LogP contribution in [-0.4, -0.2) is 29.8 Å². The molecule has 1 aliphatic rings. The van der Waals surface area contributed by atoms with Gasteiger partial charge in [-0.05, 0) is 43.2 Å². The van der Waals surface area contributed by atoms with E-state index >= 15 is 0 Å². The summed E-state index contributed by atoms with van der Waals surface area (Å²) in [6.45, 7) is 0.990. The van der Waals surface area contributed by atoms with Gasteiger partial charge in [0.05, 0.1) is 4.92 Å². The molecule has 1 heterocycles. The maximum absolute atomic E-state index is 12.9. The van der Waals surface area contributed by atoms with Crippen molar-refractivity contribution in [3.05, 3.63) is 70.0 Å². The van der Waals surface area contributed by atoms with E-state index in [4.69, 9.17) is 0 Å². The van der Waals surface area contributed by atoms with Crippen molar-refractivity contribution in [3.63, 3.8) is 0 Å². The fourth-order valence-corrected chi connectivity index (χ4v) is 3.16. The highest BCUT2D eigenvalue weighted by atomic mass is 19.1. The molecular formula is C19H19FN4O4. The number of rotatable bonds is 4. The van der Waals surface area contributed by atoms with Crippen LogP contribution in [0.25, 0.3) is 0 Å². The van der Waals surface area contributed by atoms with E-state index in [2.05, 4.69) is 10.9 Å². The van der Waals surface area contributed by atoms with Gasteiger partial charge in [0.1, 0.15) is 11.5 Å². The van der Waals surface area contributed by atoms with Crippen molar-refractivity contribution in [2.24, 2.45) is 5.92 Å². The Morgan fingerprint density at radius 1 is 1.04 bits per heavy atom. The zero-order chi connectivity index (χ0) is 20.1. The summed E-state index contributed by atoms with van der Waals surface area (Å²) in [5, 5.41) is 11.2. The molecule has 2 N–H and O–H groups in total. The fraction of sp³-hybridized carbons (Fsp3) is 0.263. The molecule has 3 rings (SSSR count). The normalized spacial score (nSPS) is 14.4. The Morgan fingerprint density at radius 2 is 1.68 bits per heavy atom. The van der Waals surface area contributed by atoms with Crippen molar-refractivity contribution < 1.29 is 18.9 Å². The molecule has 28 heavy (non-hydrogen) atoms. The number of hydrogen-bond donors (Lipinski definition) is 2. The van der Waals surface area contributed by atoms with Gasteiger partial charge in [0.25, 0.3) is 11.6 Å². The first-order chi connectivity index (χ1) is 13.5. The number of piperidine rings is 1. The number of benzene rings is 2. The molecular weight excluding hydrogens is 367 g/mol. The van der Waals surface area contributed by atoms with E-state index in [1.54, 1.807) is 18.2 Å². The van der Waals surface area contributed by atoms with Gasteiger partial charge in [-0.3, -0.25) is 30.6 Å². The number of anilines is 1. The van der Waals surface area contributed by atoms with Gasteiger partial charge in [0, 0.05) is 30.6 Å². The van der Waals surface area contributed by atoms with Crippen LogP contribution < -0.4 is 15.8 Å². The molecule has 8 nitrogen and oxygen atoms in total. The highest BCUT2D eigenvalue weighted by Crippen LogP contribution is 2.31. The molecule has 2 aromatic rings. The molecule has 1 saturated heterocycles. The number of nitrogens with zero attached hydrogens (tertiary/aromatic N) is 2. The van der Waals surface area contributed by atoms with E-state index in [0.29, 0.717) is 31.6 Å². The number of nitrogens with one attached hydrogen (secondary N) is 2. The van der Waals surface area contributed by atoms with E-state index in [1.807, 2.05) is 4.90 Å². The zero-order valence-electron chi connectivity index (χ0n) is 14.9. The molecule has 2 aromatic carbocycles. The molecule has 146 valence electrons. The summed E-state index contributed by atoms with van der Waals surface area (Å²) in [6.07, 6.45) is 1.01. The number of nitro groups is 1. The molecule has 0 aliphatic carbocycles. The van der Waals surface area contributed by atoms with E-state index < -0.39 is 16.6 Å². The fourth-order valence-electron chi connectivity index (χ4n) is 3.16. The molecule has 0 atom stereocenters. The van der Waals surface area contributed by atoms with Crippen molar-refractivity contribution in [3.8, 4) is 0 Å². The Morgan fingerprint density at radius 3 is 2.32 bits per heavy atom. The average molecular weight is 386 g/mol. The lowest BCUT2D eigenvalue weighted by Gasteiger charge is -2.32. The average Bonchev–Trinajstić information content (AvgIpc) is 2.72. The van der Waals surface area contributed by atoms with Crippen LogP contribution in [0.2, 0.25) is 0 Å². The van der Waals surface area contributed by atoms with Gasteiger partial charge in [-0.1, -0.05) is 12.1 Å². The second-order valence-corrected chi connectivity index (χ2v) is 6.46. The molecule has 1 fully saturated rings. The van der Waals surface area contributed by atoms with E-state index in [0.717, 1.165) is 12.1 Å². The van der Waals surface area contributed by atoms with Crippen LogP contribution >= 0.6 is 0 Å². The number of carbonyl (C=O) groups is 2. The maximum Gasteiger partial charge on any atom is 0.292 e. The van der Waals surface area contributed by atoms with Crippen molar-refractivity contribution >= 4 is 23.2 Å². The Labute approximate surface area is 160 Å². The van der Waals surface area contributed by atoms with Gasteiger partial charge in [-0.15, -0.1) is 0 Å². The molecule has 0 saturated carbocycles. The summed E-state index contributed by atoms with van der Waals surface area (Å²) in [5.41, 5.74) is 5.52. The Bertz CT molecular complexity index is 880. The Balaban J connectivity index is 1.52. The van der Waals surface area contributed by atoms with E-state index in [1.165, 1.54) is 18.2 Å². The topological polar surface area (TPSA) is 105 Å².